The first-order valence-corrected chi connectivity index (χ1v) is 14.4. The maximum Gasteiger partial charge on any atom is 0.264 e. The number of rotatable bonds is 6. The minimum atomic E-state index is -1.19. The van der Waals surface area contributed by atoms with Gasteiger partial charge in [-0.2, -0.15) is 14.8 Å². The molecule has 4 heterocycles. The van der Waals surface area contributed by atoms with E-state index in [1.165, 1.54) is 30.6 Å². The van der Waals surface area contributed by atoms with Crippen molar-refractivity contribution < 1.29 is 22.7 Å². The van der Waals surface area contributed by atoms with Crippen molar-refractivity contribution in [2.45, 2.75) is 31.7 Å². The van der Waals surface area contributed by atoms with Crippen LogP contribution in [0.4, 0.5) is 19.0 Å². The summed E-state index contributed by atoms with van der Waals surface area (Å²) in [6, 6.07) is 9.09. The van der Waals surface area contributed by atoms with E-state index in [1.807, 2.05) is 0 Å². The van der Waals surface area contributed by atoms with E-state index >= 15 is 4.39 Å². The Morgan fingerprint density at radius 1 is 1.14 bits per heavy atom. The Labute approximate surface area is 250 Å². The van der Waals surface area contributed by atoms with Gasteiger partial charge in [0.15, 0.2) is 17.2 Å². The van der Waals surface area contributed by atoms with Gasteiger partial charge in [0.05, 0.1) is 11.4 Å². The summed E-state index contributed by atoms with van der Waals surface area (Å²) in [4.78, 5) is 23.5. The molecule has 13 heteroatoms. The second-order valence-corrected chi connectivity index (χ2v) is 10.9. The molecule has 2 fully saturated rings. The molecular weight excluding hydrogens is 573 g/mol. The Morgan fingerprint density at radius 2 is 2.00 bits per heavy atom. The van der Waals surface area contributed by atoms with Gasteiger partial charge >= 0.3 is 0 Å². The molecule has 10 nitrogen and oxygen atoms in total. The first kappa shape index (κ1) is 29.1. The summed E-state index contributed by atoms with van der Waals surface area (Å²) < 4.78 is 50.3. The van der Waals surface area contributed by atoms with Crippen molar-refractivity contribution in [1.82, 2.24) is 30.0 Å². The number of ether oxygens (including phenoxy) is 1. The van der Waals surface area contributed by atoms with Gasteiger partial charge in [0.2, 0.25) is 5.82 Å². The van der Waals surface area contributed by atoms with Crippen molar-refractivity contribution in [3.05, 3.63) is 71.8 Å². The highest BCUT2D eigenvalue weighted by Crippen LogP contribution is 2.37. The maximum atomic E-state index is 15.5. The standard InChI is InChI=1S/C31H29F3N8O2/c32-23-6-1-7-25(27(23)34)44-21-8-9-22(24(33)13-21)28-26-29(36)38-17-39-30(26)42(40-28)20-5-3-11-41(16-20)31(43)19(14-35)12-18-4-2-10-37-15-18/h1,6-9,12-13,17-18,20,37H,2-5,10-11,15-16H2,(H2,36,38,39)/b19-12+/t18?,20-/m1/s1. The lowest BCUT2D eigenvalue weighted by molar-refractivity contribution is -0.128. The molecule has 1 unspecified atom stereocenters. The van der Waals surface area contributed by atoms with Crippen molar-refractivity contribution in [3.8, 4) is 28.8 Å². The minimum Gasteiger partial charge on any atom is -0.454 e. The van der Waals surface area contributed by atoms with Crippen molar-refractivity contribution in [3.63, 3.8) is 0 Å². The van der Waals surface area contributed by atoms with Crippen LogP contribution in [0.15, 0.2) is 54.4 Å². The van der Waals surface area contributed by atoms with E-state index in [0.29, 0.717) is 30.4 Å². The Morgan fingerprint density at radius 3 is 2.77 bits per heavy atom. The highest BCUT2D eigenvalue weighted by molar-refractivity contribution is 5.99. The molecule has 2 aliphatic rings. The molecule has 6 rings (SSSR count). The number of nitrogens with two attached hydrogens (primary N) is 1. The van der Waals surface area contributed by atoms with E-state index in [9.17, 15) is 18.8 Å². The Balaban J connectivity index is 1.30. The monoisotopic (exact) mass is 602 g/mol. The lowest BCUT2D eigenvalue weighted by Crippen LogP contribution is -2.41. The van der Waals surface area contributed by atoms with Gasteiger partial charge in [0.1, 0.15) is 41.0 Å². The number of aromatic nitrogens is 4. The van der Waals surface area contributed by atoms with Crippen molar-refractivity contribution in [2.24, 2.45) is 5.92 Å². The van der Waals surface area contributed by atoms with E-state index < -0.39 is 17.5 Å². The first-order chi connectivity index (χ1) is 21.3. The van der Waals surface area contributed by atoms with E-state index in [4.69, 9.17) is 15.6 Å². The van der Waals surface area contributed by atoms with Gasteiger partial charge < -0.3 is 20.7 Å². The summed E-state index contributed by atoms with van der Waals surface area (Å²) in [7, 11) is 0. The number of benzene rings is 2. The molecule has 0 aliphatic carbocycles. The van der Waals surface area contributed by atoms with Crippen LogP contribution < -0.4 is 15.8 Å². The van der Waals surface area contributed by atoms with Crippen molar-refractivity contribution >= 4 is 22.8 Å². The van der Waals surface area contributed by atoms with Crippen LogP contribution in [0.5, 0.6) is 11.5 Å². The van der Waals surface area contributed by atoms with Crippen molar-refractivity contribution in [2.75, 3.05) is 31.9 Å². The molecule has 2 aromatic heterocycles. The number of halogens is 3. The van der Waals surface area contributed by atoms with Gasteiger partial charge in [-0.25, -0.2) is 23.4 Å². The number of piperidine rings is 2. The SMILES string of the molecule is N#C/C(=C\C1CCCNC1)C(=O)N1CCC[C@@H](n2nc(-c3ccc(Oc4cccc(F)c4F)cc3F)c3c(N)ncnc32)C1. The molecule has 0 radical (unpaired) electrons. The molecule has 0 bridgehead atoms. The third kappa shape index (κ3) is 5.68. The third-order valence-corrected chi connectivity index (χ3v) is 7.98. The number of nitrogens with one attached hydrogen (secondary N) is 1. The summed E-state index contributed by atoms with van der Waals surface area (Å²) in [5.74, 6) is -3.55. The van der Waals surface area contributed by atoms with Gasteiger partial charge in [-0.1, -0.05) is 12.1 Å². The molecule has 4 aromatic rings. The average Bonchev–Trinajstić information content (AvgIpc) is 3.43. The summed E-state index contributed by atoms with van der Waals surface area (Å²) in [5, 5.41) is 18.1. The van der Waals surface area contributed by atoms with E-state index in [1.54, 1.807) is 15.7 Å². The van der Waals surface area contributed by atoms with Gasteiger partial charge in [-0.05, 0) is 62.4 Å². The van der Waals surface area contributed by atoms with Crippen LogP contribution in [0.1, 0.15) is 31.7 Å². The lowest BCUT2D eigenvalue weighted by Gasteiger charge is -2.33. The van der Waals surface area contributed by atoms with Gasteiger partial charge in [-0.15, -0.1) is 0 Å². The summed E-state index contributed by atoms with van der Waals surface area (Å²) in [6.07, 6.45) is 6.29. The predicted molar refractivity (Wildman–Crippen MR) is 156 cm³/mol. The van der Waals surface area contributed by atoms with Crippen LogP contribution in [0.2, 0.25) is 0 Å². The molecule has 0 spiro atoms. The number of carbonyl (C=O) groups is 1. The zero-order valence-corrected chi connectivity index (χ0v) is 23.6. The second-order valence-electron chi connectivity index (χ2n) is 10.9. The number of likely N-dealkylation sites (tertiary alicyclic amines) is 1. The fraction of sp³-hybridized carbons (Fsp3) is 0.323. The van der Waals surface area contributed by atoms with Crippen LogP contribution in [-0.4, -0.2) is 56.7 Å². The summed E-state index contributed by atoms with van der Waals surface area (Å²) in [5.41, 5.74) is 6.98. The minimum absolute atomic E-state index is 0.0458. The average molecular weight is 603 g/mol. The normalized spacial score (nSPS) is 19.1. The predicted octanol–water partition coefficient (Wildman–Crippen LogP) is 4.90. The molecule has 0 saturated carbocycles. The van der Waals surface area contributed by atoms with Crippen LogP contribution >= 0.6 is 0 Å². The zero-order chi connectivity index (χ0) is 30.8. The number of fused-ring (bicyclic) bond motifs is 1. The number of nitrogens with zero attached hydrogens (tertiary/aromatic N) is 6. The molecular formula is C31H29F3N8O2. The highest BCUT2D eigenvalue weighted by Gasteiger charge is 2.31. The van der Waals surface area contributed by atoms with Crippen LogP contribution in [0.3, 0.4) is 0 Å². The third-order valence-electron chi connectivity index (χ3n) is 7.98. The number of nitrogen functional groups attached to an aromatic ring is 1. The fourth-order valence-electron chi connectivity index (χ4n) is 5.80. The fourth-order valence-corrected chi connectivity index (χ4v) is 5.80. The first-order valence-electron chi connectivity index (χ1n) is 14.4. The van der Waals surface area contributed by atoms with Gasteiger partial charge in [0, 0.05) is 31.3 Å². The molecule has 3 N–H and O–H groups in total. The van der Waals surface area contributed by atoms with Crippen LogP contribution in [0.25, 0.3) is 22.3 Å². The molecule has 2 aromatic carbocycles. The number of hydrogen-bond acceptors (Lipinski definition) is 8. The molecule has 2 aliphatic heterocycles. The van der Waals surface area contributed by atoms with E-state index in [-0.39, 0.29) is 58.6 Å². The topological polar surface area (TPSA) is 135 Å². The zero-order valence-electron chi connectivity index (χ0n) is 23.6. The smallest absolute Gasteiger partial charge is 0.264 e. The lowest BCUT2D eigenvalue weighted by atomic mass is 9.96. The van der Waals surface area contributed by atoms with E-state index in [0.717, 1.165) is 38.1 Å². The molecule has 226 valence electrons. The maximum absolute atomic E-state index is 15.5. The van der Waals surface area contributed by atoms with Gasteiger partial charge in [0.25, 0.3) is 5.91 Å². The van der Waals surface area contributed by atoms with E-state index in [2.05, 4.69) is 21.4 Å². The Bertz CT molecular complexity index is 1790. The largest absolute Gasteiger partial charge is 0.454 e. The highest BCUT2D eigenvalue weighted by atomic mass is 19.2. The molecule has 2 saturated heterocycles. The van der Waals surface area contributed by atoms with Crippen LogP contribution in [-0.2, 0) is 4.79 Å². The number of amides is 1. The number of nitriles is 1. The Kier molecular flexibility index (Phi) is 8.17. The number of hydrogen-bond donors (Lipinski definition) is 2. The Hall–Kier alpha value is -4.96. The molecule has 1 amide bonds. The number of carbonyl (C=O) groups excluding carboxylic acids is 1. The second kappa shape index (κ2) is 12.3. The van der Waals surface area contributed by atoms with Gasteiger partial charge in [-0.3, -0.25) is 4.79 Å². The molecule has 44 heavy (non-hydrogen) atoms. The summed E-state index contributed by atoms with van der Waals surface area (Å²) >= 11 is 0. The summed E-state index contributed by atoms with van der Waals surface area (Å²) in [6.45, 7) is 2.42. The number of anilines is 1. The quantitative estimate of drug-likeness (QED) is 0.235. The van der Waals surface area contributed by atoms with Crippen LogP contribution in [0, 0.1) is 34.7 Å². The molecule has 2 atom stereocenters. The van der Waals surface area contributed by atoms with Crippen molar-refractivity contribution in [1.29, 1.82) is 5.26 Å².